The standard InChI is InChI=1S/C12H13N5O2S2/c1-6-10(11(13)17-16-6)12-15-8-5-7(21(18,19)14-2)3-4-9(8)20-12/h3-5,14H,1-2H3,(H3,13,16,17). The number of nitrogen functional groups attached to an aromatic ring is 1. The minimum absolute atomic E-state index is 0.186. The second-order valence-electron chi connectivity index (χ2n) is 4.45. The van der Waals surface area contributed by atoms with Crippen LogP contribution in [0.4, 0.5) is 5.82 Å². The van der Waals surface area contributed by atoms with Crippen molar-refractivity contribution in [2.24, 2.45) is 0 Å². The SMILES string of the molecule is CNS(=O)(=O)c1ccc2sc(-c3c(C)n[nH]c3N)nc2c1. The molecule has 0 saturated heterocycles. The number of H-pyrrole nitrogens is 1. The van der Waals surface area contributed by atoms with Crippen LogP contribution >= 0.6 is 11.3 Å². The number of nitrogens with two attached hydrogens (primary N) is 1. The average Bonchev–Trinajstić information content (AvgIpc) is 3.00. The number of rotatable bonds is 3. The van der Waals surface area contributed by atoms with Crippen LogP contribution in [-0.2, 0) is 10.0 Å². The first-order chi connectivity index (χ1) is 9.92. The maximum atomic E-state index is 11.8. The molecule has 2 heterocycles. The van der Waals surface area contributed by atoms with Gasteiger partial charge >= 0.3 is 0 Å². The third kappa shape index (κ3) is 2.28. The van der Waals surface area contributed by atoms with Gasteiger partial charge in [0.25, 0.3) is 0 Å². The zero-order chi connectivity index (χ0) is 15.2. The zero-order valence-electron chi connectivity index (χ0n) is 11.3. The third-order valence-electron chi connectivity index (χ3n) is 3.13. The van der Waals surface area contributed by atoms with E-state index in [1.165, 1.54) is 18.4 Å². The zero-order valence-corrected chi connectivity index (χ0v) is 13.0. The Kier molecular flexibility index (Phi) is 3.19. The summed E-state index contributed by atoms with van der Waals surface area (Å²) in [5.74, 6) is 0.453. The minimum atomic E-state index is -3.48. The van der Waals surface area contributed by atoms with Crippen LogP contribution in [0.25, 0.3) is 20.8 Å². The molecule has 7 nitrogen and oxygen atoms in total. The monoisotopic (exact) mass is 323 g/mol. The summed E-state index contributed by atoms with van der Waals surface area (Å²) in [6.07, 6.45) is 0. The molecule has 0 aliphatic carbocycles. The van der Waals surface area contributed by atoms with Gasteiger partial charge in [0.1, 0.15) is 10.8 Å². The molecule has 0 fully saturated rings. The molecule has 2 aromatic heterocycles. The summed E-state index contributed by atoms with van der Waals surface area (Å²) < 4.78 is 26.8. The van der Waals surface area contributed by atoms with Gasteiger partial charge in [-0.05, 0) is 32.2 Å². The van der Waals surface area contributed by atoms with Gasteiger partial charge in [0.05, 0.1) is 26.4 Å². The van der Waals surface area contributed by atoms with Gasteiger partial charge in [-0.3, -0.25) is 5.10 Å². The van der Waals surface area contributed by atoms with E-state index in [0.717, 1.165) is 16.0 Å². The number of nitrogens with one attached hydrogen (secondary N) is 2. The number of hydrogen-bond acceptors (Lipinski definition) is 6. The molecule has 0 aliphatic rings. The number of anilines is 1. The van der Waals surface area contributed by atoms with E-state index in [0.29, 0.717) is 16.3 Å². The molecular formula is C12H13N5O2S2. The Morgan fingerprint density at radius 2 is 2.14 bits per heavy atom. The summed E-state index contributed by atoms with van der Waals surface area (Å²) in [6, 6.07) is 4.85. The molecule has 0 amide bonds. The summed E-state index contributed by atoms with van der Waals surface area (Å²) in [4.78, 5) is 4.66. The summed E-state index contributed by atoms with van der Waals surface area (Å²) in [7, 11) is -2.10. The molecule has 110 valence electrons. The van der Waals surface area contributed by atoms with Crippen molar-refractivity contribution in [3.63, 3.8) is 0 Å². The summed E-state index contributed by atoms with van der Waals surface area (Å²) >= 11 is 1.44. The number of fused-ring (bicyclic) bond motifs is 1. The first-order valence-electron chi connectivity index (χ1n) is 6.07. The third-order valence-corrected chi connectivity index (χ3v) is 5.59. The lowest BCUT2D eigenvalue weighted by molar-refractivity contribution is 0.588. The molecule has 3 rings (SSSR count). The Morgan fingerprint density at radius 3 is 2.76 bits per heavy atom. The maximum Gasteiger partial charge on any atom is 0.240 e. The lowest BCUT2D eigenvalue weighted by Crippen LogP contribution is -2.18. The topological polar surface area (TPSA) is 114 Å². The highest BCUT2D eigenvalue weighted by Gasteiger charge is 2.17. The molecule has 0 bridgehead atoms. The highest BCUT2D eigenvalue weighted by molar-refractivity contribution is 7.89. The Hall–Kier alpha value is -1.97. The van der Waals surface area contributed by atoms with Crippen LogP contribution in [0.15, 0.2) is 23.1 Å². The van der Waals surface area contributed by atoms with E-state index in [-0.39, 0.29) is 4.90 Å². The molecule has 0 unspecified atom stereocenters. The first-order valence-corrected chi connectivity index (χ1v) is 8.37. The van der Waals surface area contributed by atoms with Gasteiger partial charge in [0.15, 0.2) is 0 Å². The fraction of sp³-hybridized carbons (Fsp3) is 0.167. The Bertz CT molecular complexity index is 907. The minimum Gasteiger partial charge on any atom is -0.383 e. The van der Waals surface area contributed by atoms with Crippen molar-refractivity contribution in [3.8, 4) is 10.6 Å². The van der Waals surface area contributed by atoms with E-state index in [9.17, 15) is 8.42 Å². The number of thiazole rings is 1. The van der Waals surface area contributed by atoms with Crippen LogP contribution in [0.1, 0.15) is 5.69 Å². The normalized spacial score (nSPS) is 12.1. The van der Waals surface area contributed by atoms with Crippen LogP contribution in [0.3, 0.4) is 0 Å². The molecule has 9 heteroatoms. The number of aryl methyl sites for hydroxylation is 1. The number of hydrogen-bond donors (Lipinski definition) is 3. The second-order valence-corrected chi connectivity index (χ2v) is 7.37. The van der Waals surface area contributed by atoms with Crippen molar-refractivity contribution in [1.29, 1.82) is 0 Å². The smallest absolute Gasteiger partial charge is 0.240 e. The Balaban J connectivity index is 2.18. The van der Waals surface area contributed by atoms with E-state index in [4.69, 9.17) is 5.73 Å². The largest absolute Gasteiger partial charge is 0.383 e. The van der Waals surface area contributed by atoms with Gasteiger partial charge in [-0.2, -0.15) is 5.10 Å². The number of benzene rings is 1. The van der Waals surface area contributed by atoms with Crippen molar-refractivity contribution >= 4 is 37.4 Å². The van der Waals surface area contributed by atoms with Crippen LogP contribution in [0.5, 0.6) is 0 Å². The molecular weight excluding hydrogens is 310 g/mol. The first kappa shape index (κ1) is 14.0. The van der Waals surface area contributed by atoms with E-state index < -0.39 is 10.0 Å². The van der Waals surface area contributed by atoms with Crippen molar-refractivity contribution in [2.45, 2.75) is 11.8 Å². The Labute approximate surface area is 125 Å². The number of nitrogens with zero attached hydrogens (tertiary/aromatic N) is 2. The molecule has 4 N–H and O–H groups in total. The predicted octanol–water partition coefficient (Wildman–Crippen LogP) is 1.49. The number of sulfonamides is 1. The summed E-state index contributed by atoms with van der Waals surface area (Å²) in [5.41, 5.74) is 7.99. The fourth-order valence-corrected chi connectivity index (χ4v) is 3.83. The van der Waals surface area contributed by atoms with E-state index in [1.807, 2.05) is 6.92 Å². The highest BCUT2D eigenvalue weighted by Crippen LogP contribution is 2.35. The summed E-state index contributed by atoms with van der Waals surface area (Å²) in [5, 5.41) is 7.47. The molecule has 21 heavy (non-hydrogen) atoms. The average molecular weight is 323 g/mol. The van der Waals surface area contributed by atoms with Crippen LogP contribution in [-0.4, -0.2) is 30.6 Å². The van der Waals surface area contributed by atoms with Crippen LogP contribution < -0.4 is 10.5 Å². The summed E-state index contributed by atoms with van der Waals surface area (Å²) in [6.45, 7) is 1.84. The molecule has 0 aliphatic heterocycles. The van der Waals surface area contributed by atoms with Gasteiger partial charge in [-0.1, -0.05) is 0 Å². The molecule has 0 atom stereocenters. The van der Waals surface area contributed by atoms with E-state index >= 15 is 0 Å². The van der Waals surface area contributed by atoms with Gasteiger partial charge in [-0.25, -0.2) is 18.1 Å². The Morgan fingerprint density at radius 1 is 1.38 bits per heavy atom. The van der Waals surface area contributed by atoms with Gasteiger partial charge < -0.3 is 5.73 Å². The fourth-order valence-electron chi connectivity index (χ4n) is 2.02. The van der Waals surface area contributed by atoms with Gasteiger partial charge in [-0.15, -0.1) is 11.3 Å². The molecule has 0 saturated carbocycles. The van der Waals surface area contributed by atoms with E-state index in [1.54, 1.807) is 18.2 Å². The van der Waals surface area contributed by atoms with Crippen LogP contribution in [0, 0.1) is 6.92 Å². The van der Waals surface area contributed by atoms with Crippen molar-refractivity contribution in [1.82, 2.24) is 19.9 Å². The van der Waals surface area contributed by atoms with Gasteiger partial charge in [0, 0.05) is 0 Å². The van der Waals surface area contributed by atoms with Crippen LogP contribution in [0.2, 0.25) is 0 Å². The van der Waals surface area contributed by atoms with Crippen molar-refractivity contribution in [2.75, 3.05) is 12.8 Å². The number of aromatic nitrogens is 3. The lowest BCUT2D eigenvalue weighted by Gasteiger charge is -2.00. The second kappa shape index (κ2) is 4.79. The molecule has 1 aromatic carbocycles. The predicted molar refractivity (Wildman–Crippen MR) is 82.6 cm³/mol. The highest BCUT2D eigenvalue weighted by atomic mass is 32.2. The molecule has 0 radical (unpaired) electrons. The molecule has 0 spiro atoms. The maximum absolute atomic E-state index is 11.8. The molecule has 3 aromatic rings. The van der Waals surface area contributed by atoms with Crippen molar-refractivity contribution in [3.05, 3.63) is 23.9 Å². The van der Waals surface area contributed by atoms with E-state index in [2.05, 4.69) is 19.9 Å². The van der Waals surface area contributed by atoms with Gasteiger partial charge in [0.2, 0.25) is 10.0 Å². The van der Waals surface area contributed by atoms with Crippen molar-refractivity contribution < 1.29 is 8.42 Å². The number of aromatic amines is 1. The lowest BCUT2D eigenvalue weighted by atomic mass is 10.2. The quantitative estimate of drug-likeness (QED) is 0.675.